The molecule has 0 aliphatic carbocycles. The van der Waals surface area contributed by atoms with Crippen molar-refractivity contribution in [3.63, 3.8) is 0 Å². The van der Waals surface area contributed by atoms with E-state index in [1.165, 1.54) is 0 Å². The first-order valence-electron chi connectivity index (χ1n) is 4.78. The molecule has 1 rings (SSSR count). The minimum absolute atomic E-state index is 0.365. The first-order chi connectivity index (χ1) is 6.54. The third-order valence-corrected chi connectivity index (χ3v) is 3.20. The van der Waals surface area contributed by atoms with Crippen LogP contribution < -0.4 is 0 Å². The average molecular weight is 277 g/mol. The summed E-state index contributed by atoms with van der Waals surface area (Å²) in [5.41, 5.74) is 0.994. The molecule has 0 aliphatic heterocycles. The summed E-state index contributed by atoms with van der Waals surface area (Å²) < 4.78 is 0. The van der Waals surface area contributed by atoms with Crippen molar-refractivity contribution >= 4 is 27.5 Å². The van der Waals surface area contributed by atoms with Crippen molar-refractivity contribution in [3.05, 3.63) is 29.0 Å². The van der Waals surface area contributed by atoms with Gasteiger partial charge in [-0.3, -0.25) is 4.98 Å². The Labute approximate surface area is 99.0 Å². The Hall–Kier alpha value is -0.0800. The van der Waals surface area contributed by atoms with Crippen LogP contribution in [-0.2, 0) is 0 Å². The smallest absolute Gasteiger partial charge is 0.0634 e. The van der Waals surface area contributed by atoms with E-state index in [4.69, 9.17) is 11.6 Å². The second kappa shape index (κ2) is 5.13. The van der Waals surface area contributed by atoms with Crippen molar-refractivity contribution in [1.29, 1.82) is 0 Å². The van der Waals surface area contributed by atoms with Gasteiger partial charge in [0.25, 0.3) is 0 Å². The van der Waals surface area contributed by atoms with Crippen LogP contribution in [0.15, 0.2) is 18.3 Å². The normalized spacial score (nSPS) is 15.6. The fraction of sp³-hybridized carbons (Fsp3) is 0.545. The van der Waals surface area contributed by atoms with Crippen LogP contribution in [0.3, 0.4) is 0 Å². The Morgan fingerprint density at radius 3 is 2.43 bits per heavy atom. The van der Waals surface area contributed by atoms with E-state index in [1.807, 2.05) is 12.1 Å². The molecule has 1 heterocycles. The van der Waals surface area contributed by atoms with E-state index in [-0.39, 0.29) is 0 Å². The van der Waals surface area contributed by atoms with Crippen LogP contribution in [0.1, 0.15) is 32.4 Å². The van der Waals surface area contributed by atoms with E-state index in [0.717, 1.165) is 10.7 Å². The van der Waals surface area contributed by atoms with Gasteiger partial charge in [-0.25, -0.2) is 0 Å². The van der Waals surface area contributed by atoms with Crippen LogP contribution in [-0.4, -0.2) is 9.81 Å². The molecule has 0 saturated heterocycles. The molecule has 1 aromatic heterocycles. The Kier molecular flexibility index (Phi) is 4.39. The number of hydrogen-bond donors (Lipinski definition) is 0. The monoisotopic (exact) mass is 275 g/mol. The van der Waals surface area contributed by atoms with Crippen LogP contribution >= 0.6 is 27.5 Å². The maximum atomic E-state index is 6.12. The van der Waals surface area contributed by atoms with Crippen LogP contribution in [0.4, 0.5) is 0 Å². The molecule has 0 radical (unpaired) electrons. The molecule has 1 nitrogen and oxygen atoms in total. The van der Waals surface area contributed by atoms with Crippen LogP contribution in [0.5, 0.6) is 0 Å². The maximum Gasteiger partial charge on any atom is 0.0634 e. The molecule has 14 heavy (non-hydrogen) atoms. The first kappa shape index (κ1) is 12.0. The topological polar surface area (TPSA) is 12.9 Å². The number of rotatable bonds is 3. The van der Waals surface area contributed by atoms with Gasteiger partial charge in [0.1, 0.15) is 0 Å². The van der Waals surface area contributed by atoms with E-state index < -0.39 is 0 Å². The van der Waals surface area contributed by atoms with Crippen LogP contribution in [0.25, 0.3) is 0 Å². The number of hydrogen-bond acceptors (Lipinski definition) is 1. The van der Waals surface area contributed by atoms with E-state index in [9.17, 15) is 0 Å². The Morgan fingerprint density at radius 2 is 2.00 bits per heavy atom. The lowest BCUT2D eigenvalue weighted by Gasteiger charge is -2.23. The highest BCUT2D eigenvalue weighted by Gasteiger charge is 2.23. The van der Waals surface area contributed by atoms with Crippen LogP contribution in [0, 0.1) is 5.92 Å². The van der Waals surface area contributed by atoms with E-state index in [1.54, 1.807) is 6.20 Å². The molecule has 0 bridgehead atoms. The average Bonchev–Trinajstić information content (AvgIpc) is 2.07. The van der Waals surface area contributed by atoms with E-state index in [0.29, 0.717) is 16.7 Å². The van der Waals surface area contributed by atoms with Crippen molar-refractivity contribution in [2.75, 3.05) is 0 Å². The molecule has 2 atom stereocenters. The largest absolute Gasteiger partial charge is 0.259 e. The zero-order valence-corrected chi connectivity index (χ0v) is 11.0. The second-order valence-electron chi connectivity index (χ2n) is 3.82. The summed E-state index contributed by atoms with van der Waals surface area (Å²) in [4.78, 5) is 4.74. The number of aromatic nitrogens is 1. The molecule has 1 aromatic rings. The molecule has 0 aliphatic rings. The van der Waals surface area contributed by atoms with Gasteiger partial charge in [0.2, 0.25) is 0 Å². The fourth-order valence-corrected chi connectivity index (χ4v) is 2.82. The summed E-state index contributed by atoms with van der Waals surface area (Å²) in [6.07, 6.45) is 1.80. The Bertz CT molecular complexity index is 291. The highest BCUT2D eigenvalue weighted by atomic mass is 79.9. The fourth-order valence-electron chi connectivity index (χ4n) is 1.71. The zero-order chi connectivity index (χ0) is 10.7. The summed E-state index contributed by atoms with van der Waals surface area (Å²) in [7, 11) is 0. The third-order valence-electron chi connectivity index (χ3n) is 2.32. The molecule has 0 N–H and O–H groups in total. The summed E-state index contributed by atoms with van der Waals surface area (Å²) >= 11 is 9.74. The van der Waals surface area contributed by atoms with Crippen molar-refractivity contribution in [2.45, 2.75) is 31.5 Å². The highest BCUT2D eigenvalue weighted by molar-refractivity contribution is 9.09. The zero-order valence-electron chi connectivity index (χ0n) is 8.67. The number of alkyl halides is 1. The molecular formula is C11H15BrClN. The number of pyridine rings is 1. The lowest BCUT2D eigenvalue weighted by Crippen LogP contribution is -2.17. The van der Waals surface area contributed by atoms with Gasteiger partial charge in [-0.2, -0.15) is 0 Å². The summed E-state index contributed by atoms with van der Waals surface area (Å²) in [5, 5.41) is 0.762. The third kappa shape index (κ3) is 2.71. The summed E-state index contributed by atoms with van der Waals surface area (Å²) in [6, 6.07) is 3.76. The second-order valence-corrected chi connectivity index (χ2v) is 5.67. The van der Waals surface area contributed by atoms with Crippen molar-refractivity contribution in [2.24, 2.45) is 5.92 Å². The minimum atomic E-state index is 0.365. The quantitative estimate of drug-likeness (QED) is 0.752. The lowest BCUT2D eigenvalue weighted by molar-refractivity contribution is 0.488. The van der Waals surface area contributed by atoms with Crippen molar-refractivity contribution in [3.8, 4) is 0 Å². The molecule has 0 saturated carbocycles. The van der Waals surface area contributed by atoms with Gasteiger partial charge in [-0.1, -0.05) is 48.3 Å². The Morgan fingerprint density at radius 1 is 1.36 bits per heavy atom. The van der Waals surface area contributed by atoms with Crippen molar-refractivity contribution < 1.29 is 0 Å². The molecule has 3 heteroatoms. The van der Waals surface area contributed by atoms with E-state index in [2.05, 4.69) is 41.7 Å². The predicted octanol–water partition coefficient (Wildman–Crippen LogP) is 4.26. The molecule has 2 unspecified atom stereocenters. The SMILES string of the molecule is CC(C)C(c1ncccc1Cl)C(C)Br. The predicted molar refractivity (Wildman–Crippen MR) is 65.2 cm³/mol. The van der Waals surface area contributed by atoms with Gasteiger partial charge in [0.05, 0.1) is 10.7 Å². The molecule has 0 fully saturated rings. The molecule has 0 amide bonds. The first-order valence-corrected chi connectivity index (χ1v) is 6.08. The molecule has 0 spiro atoms. The van der Waals surface area contributed by atoms with Gasteiger partial charge >= 0.3 is 0 Å². The number of halogens is 2. The van der Waals surface area contributed by atoms with Gasteiger partial charge in [-0.15, -0.1) is 0 Å². The van der Waals surface area contributed by atoms with Gasteiger partial charge in [0, 0.05) is 16.9 Å². The summed E-state index contributed by atoms with van der Waals surface area (Å²) in [6.45, 7) is 6.51. The van der Waals surface area contributed by atoms with E-state index >= 15 is 0 Å². The highest BCUT2D eigenvalue weighted by Crippen LogP contribution is 2.34. The number of nitrogens with zero attached hydrogens (tertiary/aromatic N) is 1. The van der Waals surface area contributed by atoms with Crippen LogP contribution in [0.2, 0.25) is 5.02 Å². The molecule has 78 valence electrons. The van der Waals surface area contributed by atoms with Gasteiger partial charge in [-0.05, 0) is 18.1 Å². The molecule has 0 aromatic carbocycles. The molecular weight excluding hydrogens is 261 g/mol. The van der Waals surface area contributed by atoms with Gasteiger partial charge < -0.3 is 0 Å². The minimum Gasteiger partial charge on any atom is -0.259 e. The maximum absolute atomic E-state index is 6.12. The lowest BCUT2D eigenvalue weighted by atomic mass is 9.89. The Balaban J connectivity index is 3.05. The summed E-state index contributed by atoms with van der Waals surface area (Å²) in [5.74, 6) is 0.889. The standard InChI is InChI=1S/C11H15BrClN/c1-7(2)10(8(3)12)11-9(13)5-4-6-14-11/h4-8,10H,1-3H3. The van der Waals surface area contributed by atoms with Gasteiger partial charge in [0.15, 0.2) is 0 Å². The van der Waals surface area contributed by atoms with Crippen molar-refractivity contribution in [1.82, 2.24) is 4.98 Å².